The lowest BCUT2D eigenvalue weighted by atomic mass is 10.2. The normalized spacial score (nSPS) is 10.8. The van der Waals surface area contributed by atoms with Gasteiger partial charge in [0.25, 0.3) is 0 Å². The Morgan fingerprint density at radius 2 is 1.72 bits per heavy atom. The number of carbonyl (C=O) groups is 1. The maximum Gasteiger partial charge on any atom is 0.240 e. The van der Waals surface area contributed by atoms with E-state index in [0.717, 1.165) is 21.8 Å². The zero-order valence-electron chi connectivity index (χ0n) is 15.8. The minimum absolute atomic E-state index is 0.104. The second-order valence-electron chi connectivity index (χ2n) is 6.19. The van der Waals surface area contributed by atoms with Gasteiger partial charge in [0, 0.05) is 22.1 Å². The second kappa shape index (κ2) is 11.3. The van der Waals surface area contributed by atoms with Gasteiger partial charge >= 0.3 is 0 Å². The third-order valence-electron chi connectivity index (χ3n) is 3.94. The van der Waals surface area contributed by atoms with Crippen molar-refractivity contribution >= 4 is 35.5 Å². The number of nitrogens with zero attached hydrogens (tertiary/aromatic N) is 1. The number of nitrogens with one attached hydrogen (secondary N) is 1. The van der Waals surface area contributed by atoms with E-state index in [-0.39, 0.29) is 5.91 Å². The molecule has 0 aromatic heterocycles. The molecular formula is C23H21ClN2O2S. The Balaban J connectivity index is 1.37. The average Bonchev–Trinajstić information content (AvgIpc) is 2.75. The number of amides is 1. The zero-order chi connectivity index (χ0) is 20.3. The highest BCUT2D eigenvalue weighted by molar-refractivity contribution is 7.99. The second-order valence-corrected chi connectivity index (χ2v) is 7.79. The number of ether oxygens (including phenoxy) is 1. The summed E-state index contributed by atoms with van der Waals surface area (Å²) in [6.45, 7) is 0.474. The molecule has 0 saturated carbocycles. The summed E-state index contributed by atoms with van der Waals surface area (Å²) in [7, 11) is 0. The lowest BCUT2D eigenvalue weighted by Gasteiger charge is -2.06. The van der Waals surface area contributed by atoms with Crippen molar-refractivity contribution in [3.05, 3.63) is 95.0 Å². The standard InChI is InChI=1S/C23H21ClN2O2S/c24-20-10-6-19(7-11-20)17-28-21-12-8-18(9-13-21)16-25-26-23(27)14-15-29-22-4-2-1-3-5-22/h1-13,16H,14-15,17H2,(H,26,27)/b25-16-. The van der Waals surface area contributed by atoms with Crippen molar-refractivity contribution < 1.29 is 9.53 Å². The first-order chi connectivity index (χ1) is 14.2. The third kappa shape index (κ3) is 7.64. The van der Waals surface area contributed by atoms with Crippen molar-refractivity contribution in [1.82, 2.24) is 5.43 Å². The van der Waals surface area contributed by atoms with Crippen LogP contribution in [0.3, 0.4) is 0 Å². The highest BCUT2D eigenvalue weighted by Crippen LogP contribution is 2.17. The summed E-state index contributed by atoms with van der Waals surface area (Å²) in [5, 5.41) is 4.72. The third-order valence-corrected chi connectivity index (χ3v) is 5.21. The summed E-state index contributed by atoms with van der Waals surface area (Å²) in [5.41, 5.74) is 4.49. The fourth-order valence-corrected chi connectivity index (χ4v) is 3.41. The van der Waals surface area contributed by atoms with Crippen molar-refractivity contribution in [3.63, 3.8) is 0 Å². The first-order valence-corrected chi connectivity index (χ1v) is 10.5. The van der Waals surface area contributed by atoms with Gasteiger partial charge in [-0.15, -0.1) is 11.8 Å². The monoisotopic (exact) mass is 424 g/mol. The molecule has 0 aliphatic rings. The van der Waals surface area contributed by atoms with Gasteiger partial charge in [-0.1, -0.05) is 41.9 Å². The molecule has 0 aliphatic heterocycles. The largest absolute Gasteiger partial charge is 0.489 e. The molecule has 3 aromatic carbocycles. The zero-order valence-corrected chi connectivity index (χ0v) is 17.3. The number of carbonyl (C=O) groups excluding carboxylic acids is 1. The molecule has 3 rings (SSSR count). The van der Waals surface area contributed by atoms with E-state index in [4.69, 9.17) is 16.3 Å². The molecule has 0 unspecified atom stereocenters. The SMILES string of the molecule is O=C(CCSc1ccccc1)N/N=C\c1ccc(OCc2ccc(Cl)cc2)cc1. The molecule has 3 aromatic rings. The number of halogens is 1. The maximum atomic E-state index is 11.9. The molecule has 29 heavy (non-hydrogen) atoms. The summed E-state index contributed by atoms with van der Waals surface area (Å²) in [4.78, 5) is 13.0. The van der Waals surface area contributed by atoms with Gasteiger partial charge in [0.1, 0.15) is 12.4 Å². The molecule has 0 atom stereocenters. The lowest BCUT2D eigenvalue weighted by molar-refractivity contribution is -0.120. The van der Waals surface area contributed by atoms with Crippen LogP contribution in [0.5, 0.6) is 5.75 Å². The van der Waals surface area contributed by atoms with Crippen LogP contribution >= 0.6 is 23.4 Å². The molecule has 0 aliphatic carbocycles. The molecule has 1 N–H and O–H groups in total. The Hall–Kier alpha value is -2.76. The van der Waals surface area contributed by atoms with E-state index in [9.17, 15) is 4.79 Å². The quantitative estimate of drug-likeness (QED) is 0.278. The van der Waals surface area contributed by atoms with Crippen LogP contribution in [0.1, 0.15) is 17.5 Å². The van der Waals surface area contributed by atoms with Gasteiger partial charge in [-0.3, -0.25) is 4.79 Å². The van der Waals surface area contributed by atoms with Gasteiger partial charge in [-0.05, 0) is 59.7 Å². The fraction of sp³-hybridized carbons (Fsp3) is 0.130. The Morgan fingerprint density at radius 1 is 1.00 bits per heavy atom. The van der Waals surface area contributed by atoms with Crippen LogP contribution in [-0.4, -0.2) is 17.9 Å². The Bertz CT molecular complexity index is 929. The van der Waals surface area contributed by atoms with Crippen molar-refractivity contribution in [2.45, 2.75) is 17.9 Å². The number of rotatable bonds is 9. The first-order valence-electron chi connectivity index (χ1n) is 9.16. The van der Waals surface area contributed by atoms with E-state index < -0.39 is 0 Å². The predicted octanol–water partition coefficient (Wildman–Crippen LogP) is 5.55. The molecule has 0 fully saturated rings. The van der Waals surface area contributed by atoms with E-state index in [1.54, 1.807) is 18.0 Å². The topological polar surface area (TPSA) is 50.7 Å². The molecule has 1 amide bonds. The molecule has 0 bridgehead atoms. The number of benzene rings is 3. The van der Waals surface area contributed by atoms with Crippen LogP contribution in [0.15, 0.2) is 88.9 Å². The molecule has 6 heteroatoms. The van der Waals surface area contributed by atoms with E-state index in [1.807, 2.05) is 78.9 Å². The van der Waals surface area contributed by atoms with Crippen LogP contribution in [0.25, 0.3) is 0 Å². The Labute approximate surface area is 179 Å². The lowest BCUT2D eigenvalue weighted by Crippen LogP contribution is -2.17. The summed E-state index contributed by atoms with van der Waals surface area (Å²) in [5.74, 6) is 1.37. The van der Waals surface area contributed by atoms with Crippen molar-refractivity contribution in [2.24, 2.45) is 5.10 Å². The Kier molecular flexibility index (Phi) is 8.16. The summed E-state index contributed by atoms with van der Waals surface area (Å²) in [6, 6.07) is 25.1. The number of hydrazone groups is 1. The molecular weight excluding hydrogens is 404 g/mol. The molecule has 0 radical (unpaired) electrons. The average molecular weight is 425 g/mol. The highest BCUT2D eigenvalue weighted by atomic mass is 35.5. The maximum absolute atomic E-state index is 11.9. The number of hydrogen-bond donors (Lipinski definition) is 1. The van der Waals surface area contributed by atoms with Gasteiger partial charge in [-0.2, -0.15) is 5.10 Å². The molecule has 0 heterocycles. The van der Waals surface area contributed by atoms with Gasteiger partial charge in [0.05, 0.1) is 6.21 Å². The van der Waals surface area contributed by atoms with Crippen LogP contribution in [-0.2, 0) is 11.4 Å². The minimum Gasteiger partial charge on any atom is -0.489 e. The predicted molar refractivity (Wildman–Crippen MR) is 120 cm³/mol. The molecule has 4 nitrogen and oxygen atoms in total. The van der Waals surface area contributed by atoms with Crippen molar-refractivity contribution in [3.8, 4) is 5.75 Å². The van der Waals surface area contributed by atoms with Crippen molar-refractivity contribution in [1.29, 1.82) is 0 Å². The van der Waals surface area contributed by atoms with Crippen molar-refractivity contribution in [2.75, 3.05) is 5.75 Å². The van der Waals surface area contributed by atoms with Gasteiger partial charge in [0.15, 0.2) is 0 Å². The number of thioether (sulfide) groups is 1. The van der Waals surface area contributed by atoms with E-state index in [0.29, 0.717) is 23.8 Å². The minimum atomic E-state index is -0.104. The summed E-state index contributed by atoms with van der Waals surface area (Å²) >= 11 is 7.53. The van der Waals surface area contributed by atoms with E-state index in [2.05, 4.69) is 10.5 Å². The van der Waals surface area contributed by atoms with Gasteiger partial charge in [-0.25, -0.2) is 5.43 Å². The summed E-state index contributed by atoms with van der Waals surface area (Å²) < 4.78 is 5.75. The van der Waals surface area contributed by atoms with Crippen LogP contribution in [0.4, 0.5) is 0 Å². The smallest absolute Gasteiger partial charge is 0.240 e. The molecule has 0 saturated heterocycles. The first kappa shape index (κ1) is 21.0. The van der Waals surface area contributed by atoms with E-state index in [1.165, 1.54) is 0 Å². The van der Waals surface area contributed by atoms with Gasteiger partial charge in [0.2, 0.25) is 5.91 Å². The fourth-order valence-electron chi connectivity index (χ4n) is 2.41. The van der Waals surface area contributed by atoms with Crippen LogP contribution < -0.4 is 10.2 Å². The van der Waals surface area contributed by atoms with Gasteiger partial charge < -0.3 is 4.74 Å². The van der Waals surface area contributed by atoms with Crippen LogP contribution in [0, 0.1) is 0 Å². The molecule has 148 valence electrons. The Morgan fingerprint density at radius 3 is 2.45 bits per heavy atom. The summed E-state index contributed by atoms with van der Waals surface area (Å²) in [6.07, 6.45) is 2.03. The molecule has 0 spiro atoms. The highest BCUT2D eigenvalue weighted by Gasteiger charge is 2.01. The van der Waals surface area contributed by atoms with Crippen LogP contribution in [0.2, 0.25) is 5.02 Å². The van der Waals surface area contributed by atoms with E-state index >= 15 is 0 Å². The number of hydrogen-bond acceptors (Lipinski definition) is 4.